The monoisotopic (exact) mass is 296 g/mol. The molecule has 0 aliphatic heterocycles. The number of fused-ring (bicyclic) bond motifs is 1. The fraction of sp³-hybridized carbons (Fsp3) is 0.167. The second kappa shape index (κ2) is 6.25. The molecule has 2 aromatic carbocycles. The Bertz CT molecular complexity index is 732. The lowest BCUT2D eigenvalue weighted by Crippen LogP contribution is -2.18. The fourth-order valence-corrected chi connectivity index (χ4v) is 2.60. The summed E-state index contributed by atoms with van der Waals surface area (Å²) in [6.45, 7) is 2.99. The Balaban J connectivity index is 1.76. The van der Waals surface area contributed by atoms with E-state index in [1.165, 1.54) is 21.9 Å². The second-order valence-corrected chi connectivity index (χ2v) is 5.60. The summed E-state index contributed by atoms with van der Waals surface area (Å²) in [7, 11) is 0. The zero-order valence-corrected chi connectivity index (χ0v) is 12.6. The van der Waals surface area contributed by atoms with Crippen LogP contribution < -0.4 is 5.32 Å². The minimum absolute atomic E-state index is 0.277. The Morgan fingerprint density at radius 3 is 2.71 bits per heavy atom. The first-order valence-electron chi connectivity index (χ1n) is 7.04. The molecule has 1 atom stereocenters. The molecule has 2 nitrogen and oxygen atoms in total. The standard InChI is InChI=1S/C18H17ClN2/c1-13(14-5-7-17(19)8-6-14)21-12-16-4-2-3-15-11-20-10-9-18(15)16/h2-11,13,21H,12H2,1H3. The molecule has 0 saturated carbocycles. The topological polar surface area (TPSA) is 24.9 Å². The SMILES string of the molecule is CC(NCc1cccc2cnccc12)c1ccc(Cl)cc1. The summed E-state index contributed by atoms with van der Waals surface area (Å²) < 4.78 is 0. The third-order valence-electron chi connectivity index (χ3n) is 3.74. The third-order valence-corrected chi connectivity index (χ3v) is 3.99. The van der Waals surface area contributed by atoms with Crippen molar-refractivity contribution in [1.82, 2.24) is 10.3 Å². The zero-order chi connectivity index (χ0) is 14.7. The molecule has 1 aromatic heterocycles. The molecule has 0 amide bonds. The molecule has 0 radical (unpaired) electrons. The van der Waals surface area contributed by atoms with Crippen molar-refractivity contribution >= 4 is 22.4 Å². The van der Waals surface area contributed by atoms with Crippen LogP contribution in [0.15, 0.2) is 60.9 Å². The first-order chi connectivity index (χ1) is 10.2. The number of rotatable bonds is 4. The third kappa shape index (κ3) is 3.23. The Kier molecular flexibility index (Phi) is 4.18. The molecule has 1 N–H and O–H groups in total. The van der Waals surface area contributed by atoms with Gasteiger partial charge >= 0.3 is 0 Å². The molecular formula is C18H17ClN2. The van der Waals surface area contributed by atoms with Crippen LogP contribution in [0.1, 0.15) is 24.1 Å². The van der Waals surface area contributed by atoms with E-state index in [0.29, 0.717) is 0 Å². The predicted molar refractivity (Wildman–Crippen MR) is 88.4 cm³/mol. The molecule has 3 heteroatoms. The number of nitrogens with one attached hydrogen (secondary N) is 1. The van der Waals surface area contributed by atoms with Gasteiger partial charge in [-0.3, -0.25) is 4.98 Å². The Morgan fingerprint density at radius 2 is 1.90 bits per heavy atom. The average molecular weight is 297 g/mol. The number of nitrogens with zero attached hydrogens (tertiary/aromatic N) is 1. The number of hydrogen-bond donors (Lipinski definition) is 1. The molecule has 21 heavy (non-hydrogen) atoms. The predicted octanol–water partition coefficient (Wildman–Crippen LogP) is 4.74. The average Bonchev–Trinajstić information content (AvgIpc) is 2.53. The highest BCUT2D eigenvalue weighted by Crippen LogP contribution is 2.20. The van der Waals surface area contributed by atoms with Crippen molar-refractivity contribution in [2.45, 2.75) is 19.5 Å². The van der Waals surface area contributed by atoms with Crippen molar-refractivity contribution in [2.24, 2.45) is 0 Å². The summed E-state index contributed by atoms with van der Waals surface area (Å²) in [6, 6.07) is 16.7. The van der Waals surface area contributed by atoms with E-state index < -0.39 is 0 Å². The van der Waals surface area contributed by atoms with Crippen molar-refractivity contribution in [1.29, 1.82) is 0 Å². The highest BCUT2D eigenvalue weighted by Gasteiger charge is 2.06. The van der Waals surface area contributed by atoms with Gasteiger partial charge in [-0.05, 0) is 41.6 Å². The van der Waals surface area contributed by atoms with Gasteiger partial charge in [0.1, 0.15) is 0 Å². The summed E-state index contributed by atoms with van der Waals surface area (Å²) in [5.41, 5.74) is 2.53. The van der Waals surface area contributed by atoms with E-state index in [0.717, 1.165) is 11.6 Å². The summed E-state index contributed by atoms with van der Waals surface area (Å²) in [5, 5.41) is 6.76. The van der Waals surface area contributed by atoms with Crippen LogP contribution >= 0.6 is 11.6 Å². The van der Waals surface area contributed by atoms with Crippen molar-refractivity contribution < 1.29 is 0 Å². The molecule has 0 aliphatic rings. The van der Waals surface area contributed by atoms with Crippen LogP contribution in [0.2, 0.25) is 5.02 Å². The first kappa shape index (κ1) is 14.1. The summed E-state index contributed by atoms with van der Waals surface area (Å²) in [5.74, 6) is 0. The normalized spacial score (nSPS) is 12.5. The molecule has 3 aromatic rings. The maximum absolute atomic E-state index is 5.93. The van der Waals surface area contributed by atoms with Crippen molar-refractivity contribution in [3.05, 3.63) is 77.1 Å². The van der Waals surface area contributed by atoms with E-state index in [1.807, 2.05) is 24.5 Å². The molecule has 1 heterocycles. The minimum Gasteiger partial charge on any atom is -0.306 e. The van der Waals surface area contributed by atoms with Gasteiger partial charge in [0.15, 0.2) is 0 Å². The quantitative estimate of drug-likeness (QED) is 0.752. The molecule has 0 spiro atoms. The highest BCUT2D eigenvalue weighted by atomic mass is 35.5. The van der Waals surface area contributed by atoms with Crippen LogP contribution in [-0.2, 0) is 6.54 Å². The Morgan fingerprint density at radius 1 is 1.10 bits per heavy atom. The smallest absolute Gasteiger partial charge is 0.0406 e. The van der Waals surface area contributed by atoms with Gasteiger partial charge < -0.3 is 5.32 Å². The lowest BCUT2D eigenvalue weighted by atomic mass is 10.1. The van der Waals surface area contributed by atoms with Gasteiger partial charge in [-0.25, -0.2) is 0 Å². The van der Waals surface area contributed by atoms with E-state index in [-0.39, 0.29) is 6.04 Å². The number of halogens is 1. The maximum atomic E-state index is 5.93. The van der Waals surface area contributed by atoms with Crippen molar-refractivity contribution in [3.8, 4) is 0 Å². The van der Waals surface area contributed by atoms with E-state index in [1.54, 1.807) is 0 Å². The van der Waals surface area contributed by atoms with Crippen LogP contribution in [0, 0.1) is 0 Å². The molecule has 1 unspecified atom stereocenters. The largest absolute Gasteiger partial charge is 0.306 e. The van der Waals surface area contributed by atoms with E-state index in [4.69, 9.17) is 11.6 Å². The molecule has 3 rings (SSSR count). The van der Waals surface area contributed by atoms with Crippen LogP contribution in [0.25, 0.3) is 10.8 Å². The molecule has 0 saturated heterocycles. The number of hydrogen-bond acceptors (Lipinski definition) is 2. The summed E-state index contributed by atoms with van der Waals surface area (Å²) >= 11 is 5.93. The van der Waals surface area contributed by atoms with Gasteiger partial charge in [-0.1, -0.05) is 41.9 Å². The number of benzene rings is 2. The van der Waals surface area contributed by atoms with Crippen LogP contribution in [0.5, 0.6) is 0 Å². The van der Waals surface area contributed by atoms with Crippen LogP contribution in [0.3, 0.4) is 0 Å². The van der Waals surface area contributed by atoms with Crippen molar-refractivity contribution in [3.63, 3.8) is 0 Å². The van der Waals surface area contributed by atoms with Crippen LogP contribution in [-0.4, -0.2) is 4.98 Å². The number of aromatic nitrogens is 1. The summed E-state index contributed by atoms with van der Waals surface area (Å²) in [4.78, 5) is 4.17. The zero-order valence-electron chi connectivity index (χ0n) is 11.9. The van der Waals surface area contributed by atoms with E-state index in [2.05, 4.69) is 53.6 Å². The van der Waals surface area contributed by atoms with Gasteiger partial charge in [0.2, 0.25) is 0 Å². The van der Waals surface area contributed by atoms with Gasteiger partial charge in [-0.2, -0.15) is 0 Å². The van der Waals surface area contributed by atoms with Crippen molar-refractivity contribution in [2.75, 3.05) is 0 Å². The second-order valence-electron chi connectivity index (χ2n) is 5.17. The molecule has 106 valence electrons. The first-order valence-corrected chi connectivity index (χ1v) is 7.42. The highest BCUT2D eigenvalue weighted by molar-refractivity contribution is 6.30. The number of pyridine rings is 1. The lowest BCUT2D eigenvalue weighted by molar-refractivity contribution is 0.576. The molecule has 0 aliphatic carbocycles. The van der Waals surface area contributed by atoms with Gasteiger partial charge in [0.25, 0.3) is 0 Å². The minimum atomic E-state index is 0.277. The Hall–Kier alpha value is -1.90. The fourth-order valence-electron chi connectivity index (χ4n) is 2.48. The van der Waals surface area contributed by atoms with Crippen LogP contribution in [0.4, 0.5) is 0 Å². The molecule has 0 fully saturated rings. The lowest BCUT2D eigenvalue weighted by Gasteiger charge is -2.15. The van der Waals surface area contributed by atoms with Gasteiger partial charge in [0.05, 0.1) is 0 Å². The summed E-state index contributed by atoms with van der Waals surface area (Å²) in [6.07, 6.45) is 3.75. The molecular weight excluding hydrogens is 280 g/mol. The van der Waals surface area contributed by atoms with E-state index in [9.17, 15) is 0 Å². The van der Waals surface area contributed by atoms with Gasteiger partial charge in [0, 0.05) is 35.4 Å². The van der Waals surface area contributed by atoms with E-state index >= 15 is 0 Å². The maximum Gasteiger partial charge on any atom is 0.0406 e. The van der Waals surface area contributed by atoms with Gasteiger partial charge in [-0.15, -0.1) is 0 Å². The molecule has 0 bridgehead atoms. The Labute approximate surface area is 129 Å².